The molecule has 242 valence electrons. The third kappa shape index (κ3) is 4.13. The summed E-state index contributed by atoms with van der Waals surface area (Å²) >= 11 is 0. The lowest BCUT2D eigenvalue weighted by Gasteiger charge is -2.60. The number of rotatable bonds is 10. The molecule has 4 N–H and O–H groups in total. The van der Waals surface area contributed by atoms with Gasteiger partial charge in [0.05, 0.1) is 35.9 Å². The number of nitrogens with zero attached hydrogens (tertiary/aromatic N) is 2. The van der Waals surface area contributed by atoms with Gasteiger partial charge in [0.15, 0.2) is 24.7 Å². The van der Waals surface area contributed by atoms with Gasteiger partial charge in [0.2, 0.25) is 23.6 Å². The summed E-state index contributed by atoms with van der Waals surface area (Å²) in [7, 11) is 0. The molecule has 2 bridgehead atoms. The Morgan fingerprint density at radius 1 is 0.659 bits per heavy atom. The Kier molecular flexibility index (Phi) is 7.84. The molecule has 2 heterocycles. The second kappa shape index (κ2) is 10.7. The van der Waals surface area contributed by atoms with Crippen molar-refractivity contribution in [2.45, 2.75) is 65.0 Å². The molecule has 6 rings (SSSR count). The number of hydrogen-bond donors (Lipinski definition) is 4. The van der Waals surface area contributed by atoms with E-state index in [2.05, 4.69) is 0 Å². The van der Waals surface area contributed by atoms with Crippen LogP contribution in [-0.4, -0.2) is 103 Å². The first kappa shape index (κ1) is 32.2. The number of amides is 4. The number of hydrogen-bond acceptors (Lipinski definition) is 12. The number of imide groups is 2. The van der Waals surface area contributed by atoms with Crippen LogP contribution in [0.5, 0.6) is 0 Å². The minimum Gasteiger partial charge on any atom is -0.441 e. The van der Waals surface area contributed by atoms with Crippen LogP contribution in [0, 0.1) is 59.2 Å². The highest BCUT2D eigenvalue weighted by Gasteiger charge is 2.75. The minimum absolute atomic E-state index is 0.418. The van der Waals surface area contributed by atoms with Crippen LogP contribution in [0.25, 0.3) is 0 Å². The van der Waals surface area contributed by atoms with Gasteiger partial charge in [-0.2, -0.15) is 0 Å². The van der Waals surface area contributed by atoms with Crippen LogP contribution in [0.15, 0.2) is 12.2 Å². The molecule has 2 saturated carbocycles. The average molecular weight is 621 g/mol. The van der Waals surface area contributed by atoms with Gasteiger partial charge in [-0.15, -0.1) is 0 Å². The van der Waals surface area contributed by atoms with Gasteiger partial charge in [0, 0.05) is 0 Å². The van der Waals surface area contributed by atoms with Gasteiger partial charge in [-0.25, -0.2) is 19.4 Å². The number of allylic oxidation sites excluding steroid dienone is 2. The van der Waals surface area contributed by atoms with Crippen molar-refractivity contribution in [3.8, 4) is 0 Å². The fourth-order valence-corrected chi connectivity index (χ4v) is 8.23. The molecule has 14 nitrogen and oxygen atoms in total. The fourth-order valence-electron chi connectivity index (χ4n) is 8.23. The smallest absolute Gasteiger partial charge is 0.342 e. The van der Waals surface area contributed by atoms with Crippen LogP contribution in [0.2, 0.25) is 0 Å². The molecule has 12 atom stereocenters. The van der Waals surface area contributed by atoms with E-state index in [1.165, 1.54) is 41.5 Å². The highest BCUT2D eigenvalue weighted by atomic mass is 16.6. The first-order valence-electron chi connectivity index (χ1n) is 15.0. The Balaban J connectivity index is 1.30. The Morgan fingerprint density at radius 2 is 0.955 bits per heavy atom. The van der Waals surface area contributed by atoms with E-state index in [1.807, 2.05) is 0 Å². The summed E-state index contributed by atoms with van der Waals surface area (Å²) in [5.41, 5.74) is -4.50. The van der Waals surface area contributed by atoms with Gasteiger partial charge in [0.1, 0.15) is 0 Å². The lowest BCUT2D eigenvalue weighted by Crippen LogP contribution is -2.63. The van der Waals surface area contributed by atoms with Crippen LogP contribution in [0.3, 0.4) is 0 Å². The number of aliphatic hydroxyl groups is 4. The molecule has 4 amide bonds. The number of likely N-dealkylation sites (tertiary alicyclic amines) is 2. The van der Waals surface area contributed by atoms with Crippen molar-refractivity contribution in [2.24, 2.45) is 59.2 Å². The predicted molar refractivity (Wildman–Crippen MR) is 146 cm³/mol. The van der Waals surface area contributed by atoms with Gasteiger partial charge in [-0.1, -0.05) is 39.8 Å². The van der Waals surface area contributed by atoms with Crippen LogP contribution in [0.1, 0.15) is 41.5 Å². The molecule has 0 aromatic heterocycles. The predicted octanol–water partition coefficient (Wildman–Crippen LogP) is -1.21. The summed E-state index contributed by atoms with van der Waals surface area (Å²) in [6, 6.07) is 0. The lowest BCUT2D eigenvalue weighted by atomic mass is 9.40. The molecule has 0 aromatic rings. The maximum absolute atomic E-state index is 13.5. The molecule has 4 fully saturated rings. The fraction of sp³-hybridized carbons (Fsp3) is 0.733. The van der Waals surface area contributed by atoms with Crippen molar-refractivity contribution in [1.82, 2.24) is 9.80 Å². The number of carbonyl (C=O) groups excluding carboxylic acids is 6. The summed E-state index contributed by atoms with van der Waals surface area (Å²) in [6.45, 7) is 7.02. The number of ether oxygens (including phenoxy) is 2. The molecular formula is C30H40N2O12. The van der Waals surface area contributed by atoms with Crippen molar-refractivity contribution < 1.29 is 58.7 Å². The zero-order valence-corrected chi connectivity index (χ0v) is 25.4. The Morgan fingerprint density at radius 3 is 1.23 bits per heavy atom. The molecule has 0 unspecified atom stereocenters. The van der Waals surface area contributed by atoms with Gasteiger partial charge in [-0.3, -0.25) is 19.2 Å². The molecule has 0 aromatic carbocycles. The topological polar surface area (TPSA) is 208 Å². The monoisotopic (exact) mass is 620 g/mol. The second-order valence-electron chi connectivity index (χ2n) is 13.4. The Bertz CT molecular complexity index is 1250. The van der Waals surface area contributed by atoms with Gasteiger partial charge >= 0.3 is 11.9 Å². The molecule has 0 radical (unpaired) electrons. The van der Waals surface area contributed by atoms with E-state index in [-0.39, 0.29) is 0 Å². The van der Waals surface area contributed by atoms with Crippen molar-refractivity contribution in [1.29, 1.82) is 0 Å². The maximum Gasteiger partial charge on any atom is 0.342 e. The van der Waals surface area contributed by atoms with Crippen LogP contribution >= 0.6 is 0 Å². The van der Waals surface area contributed by atoms with Crippen molar-refractivity contribution in [3.63, 3.8) is 0 Å². The molecule has 4 aliphatic carbocycles. The van der Waals surface area contributed by atoms with E-state index in [0.717, 1.165) is 9.80 Å². The molecule has 44 heavy (non-hydrogen) atoms. The van der Waals surface area contributed by atoms with Crippen molar-refractivity contribution in [2.75, 3.05) is 13.5 Å². The number of fused-ring (bicyclic) bond motifs is 1. The van der Waals surface area contributed by atoms with Gasteiger partial charge in [0.25, 0.3) is 0 Å². The van der Waals surface area contributed by atoms with E-state index in [1.54, 1.807) is 12.2 Å². The molecule has 2 aliphatic heterocycles. The van der Waals surface area contributed by atoms with Crippen LogP contribution < -0.4 is 0 Å². The van der Waals surface area contributed by atoms with E-state index >= 15 is 0 Å². The van der Waals surface area contributed by atoms with Crippen molar-refractivity contribution in [3.05, 3.63) is 12.2 Å². The molecule has 14 heteroatoms. The summed E-state index contributed by atoms with van der Waals surface area (Å²) in [5, 5.41) is 41.3. The van der Waals surface area contributed by atoms with Crippen LogP contribution in [-0.2, 0) is 38.2 Å². The second-order valence-corrected chi connectivity index (χ2v) is 13.4. The molecule has 0 spiro atoms. The van der Waals surface area contributed by atoms with E-state index < -0.39 is 132 Å². The summed E-state index contributed by atoms with van der Waals surface area (Å²) in [6.07, 6.45) is 0.634. The number of esters is 2. The largest absolute Gasteiger partial charge is 0.441 e. The van der Waals surface area contributed by atoms with Crippen LogP contribution in [0.4, 0.5) is 0 Å². The summed E-state index contributed by atoms with van der Waals surface area (Å²) in [5.74, 6) is -11.3. The third-order valence-corrected chi connectivity index (χ3v) is 10.9. The third-order valence-electron chi connectivity index (χ3n) is 10.9. The highest BCUT2D eigenvalue weighted by Crippen LogP contribution is 2.68. The first-order chi connectivity index (χ1) is 20.4. The summed E-state index contributed by atoms with van der Waals surface area (Å²) < 4.78 is 10.3. The molecule has 6 aliphatic rings. The SMILES string of the molecule is CC(C)[C@](O)(C(=O)OCN1C(=O)[C@H]2[C@H](C1=O)[C@@H]1[C@H]3C=C[C@@H]([C@H]4C(=O)N(COC(=O)[C@](O)(C(C)C)[C@H](C)O)C(=O)[C@@H]34)[C@@H]21)[C@@H](C)O. The maximum atomic E-state index is 13.5. The Hall–Kier alpha value is -3.20. The zero-order chi connectivity index (χ0) is 32.8. The van der Waals surface area contributed by atoms with Gasteiger partial charge in [-0.05, 0) is 49.4 Å². The van der Waals surface area contributed by atoms with Crippen molar-refractivity contribution >= 4 is 35.6 Å². The van der Waals surface area contributed by atoms with E-state index in [0.29, 0.717) is 0 Å². The summed E-state index contributed by atoms with van der Waals surface area (Å²) in [4.78, 5) is 81.0. The first-order valence-corrected chi connectivity index (χ1v) is 15.0. The highest BCUT2D eigenvalue weighted by molar-refractivity contribution is 6.09. The quantitative estimate of drug-likeness (QED) is 0.129. The lowest BCUT2D eigenvalue weighted by molar-refractivity contribution is -0.190. The number of aliphatic hydroxyl groups excluding tert-OH is 2. The molecule has 2 saturated heterocycles. The molecular weight excluding hydrogens is 580 g/mol. The van der Waals surface area contributed by atoms with E-state index in [4.69, 9.17) is 9.47 Å². The average Bonchev–Trinajstić information content (AvgIpc) is 3.31. The minimum atomic E-state index is -2.25. The zero-order valence-electron chi connectivity index (χ0n) is 25.4. The normalized spacial score (nSPS) is 36.0. The number of carbonyl (C=O) groups is 6. The standard InChI is InChI=1S/C30H40N2O12/c1-11(2)29(41,13(5)33)27(39)43-9-31-23(35)19-15-7-8-16(20(19)24(31)36)18-17(15)21-22(18)26(38)32(25(21)37)10-44-28(40)30(42,12(3)4)14(6)34/h7-8,11-22,33-34,41-42H,9-10H2,1-6H3/t13-,14+,15+,16+,17+,18+,19-,20+,21+,22+,29-,30+/m0/s1. The van der Waals surface area contributed by atoms with Gasteiger partial charge < -0.3 is 29.9 Å². The Labute approximate surface area is 253 Å². The van der Waals surface area contributed by atoms with E-state index in [9.17, 15) is 49.2 Å².